The maximum absolute atomic E-state index is 12.6. The van der Waals surface area contributed by atoms with Gasteiger partial charge in [-0.1, -0.05) is 48.2 Å². The fraction of sp³-hybridized carbons (Fsp3) is 0.167. The largest absolute Gasteiger partial charge is 0.325 e. The summed E-state index contributed by atoms with van der Waals surface area (Å²) in [6, 6.07) is 20.0. The van der Waals surface area contributed by atoms with Crippen LogP contribution in [0.2, 0.25) is 0 Å². The van der Waals surface area contributed by atoms with E-state index in [1.165, 1.54) is 11.8 Å². The summed E-state index contributed by atoms with van der Waals surface area (Å²) in [6.45, 7) is 4.65. The first-order valence-corrected chi connectivity index (χ1v) is 11.0. The minimum Gasteiger partial charge on any atom is -0.325 e. The highest BCUT2D eigenvalue weighted by Gasteiger charge is 2.16. The van der Waals surface area contributed by atoms with Gasteiger partial charge in [-0.2, -0.15) is 0 Å². The maximum Gasteiger partial charge on any atom is 0.234 e. The van der Waals surface area contributed by atoms with Gasteiger partial charge in [-0.15, -0.1) is 10.2 Å². The molecule has 0 saturated carbocycles. The summed E-state index contributed by atoms with van der Waals surface area (Å²) in [5.41, 5.74) is 5.12. The van der Waals surface area contributed by atoms with Crippen LogP contribution in [-0.4, -0.2) is 31.4 Å². The number of benzene rings is 2. The second-order valence-corrected chi connectivity index (χ2v) is 8.27. The molecular formula is C24H23N5OS. The van der Waals surface area contributed by atoms with Gasteiger partial charge in [0.05, 0.1) is 12.3 Å². The van der Waals surface area contributed by atoms with Crippen LogP contribution in [0, 0.1) is 13.8 Å². The van der Waals surface area contributed by atoms with Crippen LogP contribution in [0.15, 0.2) is 78.2 Å². The molecular weight excluding hydrogens is 406 g/mol. The molecule has 4 rings (SSSR count). The van der Waals surface area contributed by atoms with Crippen LogP contribution in [0.3, 0.4) is 0 Å². The van der Waals surface area contributed by atoms with E-state index in [-0.39, 0.29) is 11.7 Å². The van der Waals surface area contributed by atoms with Crippen molar-refractivity contribution < 1.29 is 4.79 Å². The molecule has 31 heavy (non-hydrogen) atoms. The molecule has 0 bridgehead atoms. The highest BCUT2D eigenvalue weighted by molar-refractivity contribution is 7.99. The zero-order valence-electron chi connectivity index (χ0n) is 17.4. The first-order chi connectivity index (χ1) is 15.1. The summed E-state index contributed by atoms with van der Waals surface area (Å²) in [7, 11) is 0. The molecule has 0 radical (unpaired) electrons. The van der Waals surface area contributed by atoms with Gasteiger partial charge < -0.3 is 5.32 Å². The van der Waals surface area contributed by atoms with Gasteiger partial charge in [0.25, 0.3) is 0 Å². The predicted octanol–water partition coefficient (Wildman–Crippen LogP) is 4.74. The molecule has 0 saturated heterocycles. The summed E-state index contributed by atoms with van der Waals surface area (Å²) < 4.78 is 2.04. The molecule has 2 aromatic carbocycles. The molecule has 0 aliphatic rings. The molecule has 4 aromatic rings. The fourth-order valence-electron chi connectivity index (χ4n) is 3.39. The second-order valence-electron chi connectivity index (χ2n) is 7.33. The molecule has 0 fully saturated rings. The molecule has 0 aliphatic carbocycles. The van der Waals surface area contributed by atoms with Gasteiger partial charge >= 0.3 is 0 Å². The van der Waals surface area contributed by atoms with Crippen LogP contribution in [0.1, 0.15) is 16.7 Å². The normalized spacial score (nSPS) is 10.8. The molecule has 156 valence electrons. The number of carbonyl (C=O) groups is 1. The zero-order valence-corrected chi connectivity index (χ0v) is 18.3. The second kappa shape index (κ2) is 9.57. The van der Waals surface area contributed by atoms with Gasteiger partial charge in [0, 0.05) is 23.6 Å². The van der Waals surface area contributed by atoms with Crippen molar-refractivity contribution in [1.82, 2.24) is 19.7 Å². The Morgan fingerprint density at radius 3 is 2.39 bits per heavy atom. The van der Waals surface area contributed by atoms with Crippen LogP contribution in [0.5, 0.6) is 0 Å². The van der Waals surface area contributed by atoms with E-state index in [1.807, 2.05) is 60.9 Å². The molecule has 2 aromatic heterocycles. The molecule has 0 spiro atoms. The number of aromatic nitrogens is 4. The fourth-order valence-corrected chi connectivity index (χ4v) is 4.13. The minimum atomic E-state index is -0.0743. The number of nitrogens with zero attached hydrogens (tertiary/aromatic N) is 4. The lowest BCUT2D eigenvalue weighted by atomic mass is 10.1. The lowest BCUT2D eigenvalue weighted by Gasteiger charge is -2.11. The van der Waals surface area contributed by atoms with E-state index < -0.39 is 0 Å². The monoisotopic (exact) mass is 429 g/mol. The SMILES string of the molecule is Cc1cc(C)cc(NC(=O)CSc2nnc(-c3ccncc3)n2Cc2ccccc2)c1. The molecule has 2 heterocycles. The van der Waals surface area contributed by atoms with E-state index >= 15 is 0 Å². The third-order valence-corrected chi connectivity index (χ3v) is 5.64. The molecule has 0 aliphatic heterocycles. The van der Waals surface area contributed by atoms with Crippen molar-refractivity contribution in [2.75, 3.05) is 11.1 Å². The molecule has 1 amide bonds. The highest BCUT2D eigenvalue weighted by atomic mass is 32.2. The van der Waals surface area contributed by atoms with Crippen molar-refractivity contribution in [3.63, 3.8) is 0 Å². The number of anilines is 1. The van der Waals surface area contributed by atoms with Gasteiger partial charge in [0.15, 0.2) is 11.0 Å². The van der Waals surface area contributed by atoms with E-state index in [4.69, 9.17) is 0 Å². The number of nitrogens with one attached hydrogen (secondary N) is 1. The Balaban J connectivity index is 1.53. The van der Waals surface area contributed by atoms with E-state index in [0.29, 0.717) is 11.7 Å². The number of aryl methyl sites for hydroxylation is 2. The number of hydrogen-bond donors (Lipinski definition) is 1. The average Bonchev–Trinajstić information content (AvgIpc) is 3.15. The van der Waals surface area contributed by atoms with Crippen molar-refractivity contribution in [3.8, 4) is 11.4 Å². The van der Waals surface area contributed by atoms with E-state index in [0.717, 1.165) is 33.8 Å². The summed E-state index contributed by atoms with van der Waals surface area (Å²) in [6.07, 6.45) is 3.47. The van der Waals surface area contributed by atoms with Crippen LogP contribution in [-0.2, 0) is 11.3 Å². The van der Waals surface area contributed by atoms with Crippen LogP contribution < -0.4 is 5.32 Å². The Bertz CT molecular complexity index is 1160. The van der Waals surface area contributed by atoms with Crippen molar-refractivity contribution >= 4 is 23.4 Å². The van der Waals surface area contributed by atoms with E-state index in [2.05, 4.69) is 38.7 Å². The van der Waals surface area contributed by atoms with Crippen LogP contribution >= 0.6 is 11.8 Å². The maximum atomic E-state index is 12.6. The minimum absolute atomic E-state index is 0.0743. The van der Waals surface area contributed by atoms with Gasteiger partial charge in [-0.05, 0) is 54.8 Å². The lowest BCUT2D eigenvalue weighted by molar-refractivity contribution is -0.113. The molecule has 0 atom stereocenters. The molecule has 6 nitrogen and oxygen atoms in total. The highest BCUT2D eigenvalue weighted by Crippen LogP contribution is 2.25. The van der Waals surface area contributed by atoms with Gasteiger partial charge in [0.1, 0.15) is 0 Å². The topological polar surface area (TPSA) is 72.7 Å². The first-order valence-electron chi connectivity index (χ1n) is 9.97. The summed E-state index contributed by atoms with van der Waals surface area (Å²) in [5.74, 6) is 0.925. The number of amides is 1. The summed E-state index contributed by atoms with van der Waals surface area (Å²) in [5, 5.41) is 12.4. The standard InChI is InChI=1S/C24H23N5OS/c1-17-12-18(2)14-21(13-17)26-22(30)16-31-24-28-27-23(20-8-10-25-11-9-20)29(24)15-19-6-4-3-5-7-19/h3-14H,15-16H2,1-2H3,(H,26,30). The summed E-state index contributed by atoms with van der Waals surface area (Å²) >= 11 is 1.38. The number of rotatable bonds is 7. The van der Waals surface area contributed by atoms with Crippen molar-refractivity contribution in [1.29, 1.82) is 0 Å². The number of thioether (sulfide) groups is 1. The quantitative estimate of drug-likeness (QED) is 0.430. The van der Waals surface area contributed by atoms with Gasteiger partial charge in [-0.25, -0.2) is 0 Å². The van der Waals surface area contributed by atoms with Gasteiger partial charge in [0.2, 0.25) is 5.91 Å². The van der Waals surface area contributed by atoms with Crippen molar-refractivity contribution in [3.05, 3.63) is 89.7 Å². The van der Waals surface area contributed by atoms with Crippen LogP contribution in [0.4, 0.5) is 5.69 Å². The summed E-state index contributed by atoms with van der Waals surface area (Å²) in [4.78, 5) is 16.6. The molecule has 1 N–H and O–H groups in total. The first kappa shape index (κ1) is 20.8. The third kappa shape index (κ3) is 5.38. The Kier molecular flexibility index (Phi) is 6.43. The Morgan fingerprint density at radius 1 is 0.968 bits per heavy atom. The Hall–Kier alpha value is -3.45. The third-order valence-electron chi connectivity index (χ3n) is 4.68. The number of hydrogen-bond acceptors (Lipinski definition) is 5. The smallest absolute Gasteiger partial charge is 0.234 e. The Morgan fingerprint density at radius 2 is 1.68 bits per heavy atom. The zero-order chi connectivity index (χ0) is 21.6. The predicted molar refractivity (Wildman–Crippen MR) is 124 cm³/mol. The average molecular weight is 430 g/mol. The van der Waals surface area contributed by atoms with Crippen molar-refractivity contribution in [2.45, 2.75) is 25.5 Å². The van der Waals surface area contributed by atoms with Crippen LogP contribution in [0.25, 0.3) is 11.4 Å². The van der Waals surface area contributed by atoms with Crippen molar-refractivity contribution in [2.24, 2.45) is 0 Å². The Labute approximate surface area is 185 Å². The lowest BCUT2D eigenvalue weighted by Crippen LogP contribution is -2.15. The van der Waals surface area contributed by atoms with Gasteiger partial charge in [-0.3, -0.25) is 14.3 Å². The molecule has 7 heteroatoms. The van der Waals surface area contributed by atoms with E-state index in [1.54, 1.807) is 12.4 Å². The molecule has 0 unspecified atom stereocenters. The van der Waals surface area contributed by atoms with E-state index in [9.17, 15) is 4.79 Å². The number of carbonyl (C=O) groups excluding carboxylic acids is 1. The number of pyridine rings is 1.